The topological polar surface area (TPSA) is 44.8 Å². The number of benzene rings is 1. The van der Waals surface area contributed by atoms with Gasteiger partial charge in [-0.2, -0.15) is 0 Å². The first-order chi connectivity index (χ1) is 8.59. The summed E-state index contributed by atoms with van der Waals surface area (Å²) in [6, 6.07) is 9.60. The standard InChI is InChI=1S/C14H20O4/c1-11(16-2)13(15)14(17-3,18-4)10-12-8-6-5-7-9-12/h5-9,11H,10H2,1-4H3. The van der Waals surface area contributed by atoms with E-state index in [1.165, 1.54) is 21.3 Å². The number of carbonyl (C=O) groups is 1. The third-order valence-corrected chi connectivity index (χ3v) is 3.04. The zero-order chi connectivity index (χ0) is 13.6. The zero-order valence-corrected chi connectivity index (χ0v) is 11.3. The molecule has 0 bridgehead atoms. The maximum atomic E-state index is 12.3. The van der Waals surface area contributed by atoms with Crippen molar-refractivity contribution in [1.29, 1.82) is 0 Å². The fourth-order valence-corrected chi connectivity index (χ4v) is 1.80. The van der Waals surface area contributed by atoms with Gasteiger partial charge < -0.3 is 14.2 Å². The molecule has 1 unspecified atom stereocenters. The molecule has 0 aromatic heterocycles. The van der Waals surface area contributed by atoms with Gasteiger partial charge in [-0.25, -0.2) is 0 Å². The molecule has 1 rings (SSSR count). The highest BCUT2D eigenvalue weighted by Crippen LogP contribution is 2.22. The second-order valence-electron chi connectivity index (χ2n) is 4.07. The lowest BCUT2D eigenvalue weighted by Gasteiger charge is -2.31. The van der Waals surface area contributed by atoms with E-state index in [1.807, 2.05) is 30.3 Å². The molecule has 4 nitrogen and oxygen atoms in total. The predicted molar refractivity (Wildman–Crippen MR) is 68.4 cm³/mol. The Morgan fingerprint density at radius 3 is 2.17 bits per heavy atom. The van der Waals surface area contributed by atoms with Crippen LogP contribution in [0.5, 0.6) is 0 Å². The van der Waals surface area contributed by atoms with Gasteiger partial charge in [-0.15, -0.1) is 0 Å². The molecule has 0 saturated carbocycles. The van der Waals surface area contributed by atoms with Crippen LogP contribution in [0, 0.1) is 0 Å². The summed E-state index contributed by atoms with van der Waals surface area (Å²) < 4.78 is 15.7. The van der Waals surface area contributed by atoms with Crippen molar-refractivity contribution in [2.45, 2.75) is 25.2 Å². The maximum Gasteiger partial charge on any atom is 0.235 e. The lowest BCUT2D eigenvalue weighted by molar-refractivity contribution is -0.213. The van der Waals surface area contributed by atoms with Crippen molar-refractivity contribution in [2.75, 3.05) is 21.3 Å². The smallest absolute Gasteiger partial charge is 0.235 e. The first-order valence-electron chi connectivity index (χ1n) is 5.81. The second-order valence-corrected chi connectivity index (χ2v) is 4.07. The average Bonchev–Trinajstić information content (AvgIpc) is 2.44. The van der Waals surface area contributed by atoms with Gasteiger partial charge in [0.05, 0.1) is 0 Å². The first kappa shape index (κ1) is 14.8. The van der Waals surface area contributed by atoms with Crippen LogP contribution < -0.4 is 0 Å². The van der Waals surface area contributed by atoms with Crippen molar-refractivity contribution < 1.29 is 19.0 Å². The van der Waals surface area contributed by atoms with E-state index in [0.29, 0.717) is 6.42 Å². The van der Waals surface area contributed by atoms with Crippen molar-refractivity contribution >= 4 is 5.78 Å². The van der Waals surface area contributed by atoms with Crippen molar-refractivity contribution in [2.24, 2.45) is 0 Å². The number of hydrogen-bond donors (Lipinski definition) is 0. The maximum absolute atomic E-state index is 12.3. The molecule has 18 heavy (non-hydrogen) atoms. The molecule has 1 aromatic rings. The summed E-state index contributed by atoms with van der Waals surface area (Å²) in [5.41, 5.74) is 0.970. The molecular formula is C14H20O4. The summed E-state index contributed by atoms with van der Waals surface area (Å²) in [7, 11) is 4.42. The van der Waals surface area contributed by atoms with Crippen LogP contribution >= 0.6 is 0 Å². The minimum absolute atomic E-state index is 0.223. The fourth-order valence-electron chi connectivity index (χ4n) is 1.80. The Labute approximate surface area is 108 Å². The van der Waals surface area contributed by atoms with E-state index in [0.717, 1.165) is 5.56 Å². The van der Waals surface area contributed by atoms with E-state index in [4.69, 9.17) is 14.2 Å². The number of ether oxygens (including phenoxy) is 3. The van der Waals surface area contributed by atoms with E-state index >= 15 is 0 Å². The minimum atomic E-state index is -1.29. The summed E-state index contributed by atoms with van der Waals surface area (Å²) in [5, 5.41) is 0. The van der Waals surface area contributed by atoms with Gasteiger partial charge in [0.2, 0.25) is 11.6 Å². The van der Waals surface area contributed by atoms with Crippen LogP contribution in [-0.4, -0.2) is 39.0 Å². The minimum Gasteiger partial charge on any atom is -0.374 e. The van der Waals surface area contributed by atoms with Gasteiger partial charge in [-0.1, -0.05) is 30.3 Å². The highest BCUT2D eigenvalue weighted by atomic mass is 16.7. The Balaban J connectivity index is 2.97. The van der Waals surface area contributed by atoms with Gasteiger partial charge >= 0.3 is 0 Å². The van der Waals surface area contributed by atoms with E-state index in [2.05, 4.69) is 0 Å². The van der Waals surface area contributed by atoms with E-state index < -0.39 is 11.9 Å². The number of methoxy groups -OCH3 is 3. The molecule has 0 aliphatic heterocycles. The Bertz CT molecular complexity index is 371. The monoisotopic (exact) mass is 252 g/mol. The third kappa shape index (κ3) is 3.16. The second kappa shape index (κ2) is 6.64. The molecule has 0 amide bonds. The number of ketones is 1. The molecule has 1 aromatic carbocycles. The molecule has 0 heterocycles. The number of carbonyl (C=O) groups excluding carboxylic acids is 1. The highest BCUT2D eigenvalue weighted by molar-refractivity contribution is 5.90. The molecule has 1 atom stereocenters. The van der Waals surface area contributed by atoms with Crippen LogP contribution in [0.2, 0.25) is 0 Å². The summed E-state index contributed by atoms with van der Waals surface area (Å²) in [6.07, 6.45) is -0.221. The van der Waals surface area contributed by atoms with E-state index in [9.17, 15) is 4.79 Å². The van der Waals surface area contributed by atoms with Gasteiger partial charge in [0.15, 0.2) is 0 Å². The summed E-state index contributed by atoms with van der Waals surface area (Å²) in [6.45, 7) is 1.68. The van der Waals surface area contributed by atoms with Gasteiger partial charge in [-0.05, 0) is 12.5 Å². The van der Waals surface area contributed by atoms with Crippen molar-refractivity contribution in [3.63, 3.8) is 0 Å². The van der Waals surface area contributed by atoms with Crippen LogP contribution in [0.4, 0.5) is 0 Å². The molecule has 0 radical (unpaired) electrons. The average molecular weight is 252 g/mol. The quantitative estimate of drug-likeness (QED) is 0.694. The molecule has 0 aliphatic carbocycles. The number of Topliss-reactive ketones (excluding diaryl/α,β-unsaturated/α-hetero) is 1. The van der Waals surface area contributed by atoms with Crippen molar-refractivity contribution in [1.82, 2.24) is 0 Å². The van der Waals surface area contributed by atoms with Crippen LogP contribution in [0.25, 0.3) is 0 Å². The van der Waals surface area contributed by atoms with Gasteiger partial charge in [0.1, 0.15) is 6.10 Å². The summed E-state index contributed by atoms with van der Waals surface area (Å²) in [5.74, 6) is -1.52. The largest absolute Gasteiger partial charge is 0.374 e. The van der Waals surface area contributed by atoms with Crippen LogP contribution in [-0.2, 0) is 25.4 Å². The van der Waals surface area contributed by atoms with Gasteiger partial charge in [0, 0.05) is 27.8 Å². The summed E-state index contributed by atoms with van der Waals surface area (Å²) in [4.78, 5) is 12.3. The van der Waals surface area contributed by atoms with Crippen molar-refractivity contribution in [3.05, 3.63) is 35.9 Å². The summed E-state index contributed by atoms with van der Waals surface area (Å²) >= 11 is 0. The van der Waals surface area contributed by atoms with E-state index in [-0.39, 0.29) is 5.78 Å². The Morgan fingerprint density at radius 1 is 1.17 bits per heavy atom. The highest BCUT2D eigenvalue weighted by Gasteiger charge is 2.41. The first-order valence-corrected chi connectivity index (χ1v) is 5.81. The SMILES string of the molecule is COC(C)C(=O)C(Cc1ccccc1)(OC)OC. The number of rotatable bonds is 7. The van der Waals surface area contributed by atoms with Crippen LogP contribution in [0.15, 0.2) is 30.3 Å². The Hall–Kier alpha value is -1.23. The Morgan fingerprint density at radius 2 is 1.72 bits per heavy atom. The molecular weight excluding hydrogens is 232 g/mol. The molecule has 0 aliphatic rings. The van der Waals surface area contributed by atoms with Crippen molar-refractivity contribution in [3.8, 4) is 0 Å². The third-order valence-electron chi connectivity index (χ3n) is 3.04. The lowest BCUT2D eigenvalue weighted by atomic mass is 9.98. The fraction of sp³-hybridized carbons (Fsp3) is 0.500. The molecule has 4 heteroatoms. The normalized spacial score (nSPS) is 13.3. The molecule has 0 saturated heterocycles. The molecule has 0 N–H and O–H groups in total. The van der Waals surface area contributed by atoms with Crippen LogP contribution in [0.3, 0.4) is 0 Å². The van der Waals surface area contributed by atoms with E-state index in [1.54, 1.807) is 6.92 Å². The lowest BCUT2D eigenvalue weighted by Crippen LogP contribution is -2.49. The zero-order valence-electron chi connectivity index (χ0n) is 11.3. The molecule has 0 fully saturated rings. The van der Waals surface area contributed by atoms with Gasteiger partial charge in [0.25, 0.3) is 0 Å². The number of hydrogen-bond acceptors (Lipinski definition) is 4. The van der Waals surface area contributed by atoms with Crippen LogP contribution in [0.1, 0.15) is 12.5 Å². The predicted octanol–water partition coefficient (Wildman–Crippen LogP) is 1.82. The Kier molecular flexibility index (Phi) is 5.47. The molecule has 100 valence electrons. The van der Waals surface area contributed by atoms with Gasteiger partial charge in [-0.3, -0.25) is 4.79 Å². The molecule has 0 spiro atoms.